The van der Waals surface area contributed by atoms with Crippen LogP contribution < -0.4 is 0 Å². The molecular formula is C20H18N2O4S. The molecule has 27 heavy (non-hydrogen) atoms. The molecule has 0 aliphatic rings. The van der Waals surface area contributed by atoms with Crippen molar-refractivity contribution in [2.24, 2.45) is 0 Å². The first-order valence-corrected chi connectivity index (χ1v) is 9.32. The van der Waals surface area contributed by atoms with Gasteiger partial charge < -0.3 is 9.47 Å². The number of rotatable bonds is 6. The van der Waals surface area contributed by atoms with E-state index in [1.165, 1.54) is 11.3 Å². The average molecular weight is 382 g/mol. The highest BCUT2D eigenvalue weighted by Crippen LogP contribution is 2.30. The number of hydrogen-bond acceptors (Lipinski definition) is 7. The average Bonchev–Trinajstić information content (AvgIpc) is 3.19. The van der Waals surface area contributed by atoms with Crippen LogP contribution >= 0.6 is 11.3 Å². The highest BCUT2D eigenvalue weighted by atomic mass is 32.1. The summed E-state index contributed by atoms with van der Waals surface area (Å²) < 4.78 is 9.96. The minimum atomic E-state index is -0.344. The number of carbonyl (C=O) groups is 2. The van der Waals surface area contributed by atoms with Gasteiger partial charge in [-0.2, -0.15) is 0 Å². The van der Waals surface area contributed by atoms with Crippen molar-refractivity contribution in [3.05, 3.63) is 59.7 Å². The molecule has 0 saturated carbocycles. The molecule has 0 aliphatic heterocycles. The molecule has 0 N–H and O–H groups in total. The molecule has 2 aromatic carbocycles. The van der Waals surface area contributed by atoms with Crippen LogP contribution in [0.2, 0.25) is 0 Å². The Hall–Kier alpha value is -3.06. The maximum absolute atomic E-state index is 11.7. The molecule has 1 heterocycles. The number of carbonyl (C=O) groups excluding carboxylic acids is 2. The fourth-order valence-corrected chi connectivity index (χ4v) is 3.24. The van der Waals surface area contributed by atoms with Gasteiger partial charge in [0, 0.05) is 11.1 Å². The van der Waals surface area contributed by atoms with Gasteiger partial charge in [-0.3, -0.25) is 0 Å². The van der Waals surface area contributed by atoms with Crippen LogP contribution in [0.3, 0.4) is 0 Å². The second-order valence-corrected chi connectivity index (χ2v) is 6.49. The molecule has 1 aromatic heterocycles. The van der Waals surface area contributed by atoms with Crippen molar-refractivity contribution in [1.29, 1.82) is 0 Å². The van der Waals surface area contributed by atoms with E-state index in [9.17, 15) is 9.59 Å². The topological polar surface area (TPSA) is 78.4 Å². The second kappa shape index (κ2) is 8.55. The van der Waals surface area contributed by atoms with E-state index < -0.39 is 0 Å². The molecule has 0 fully saturated rings. The van der Waals surface area contributed by atoms with Gasteiger partial charge >= 0.3 is 11.9 Å². The van der Waals surface area contributed by atoms with E-state index >= 15 is 0 Å². The third kappa shape index (κ3) is 4.38. The molecule has 0 bridgehead atoms. The minimum absolute atomic E-state index is 0.343. The predicted octanol–water partition coefficient (Wildman–Crippen LogP) is 4.23. The zero-order chi connectivity index (χ0) is 19.2. The monoisotopic (exact) mass is 382 g/mol. The summed E-state index contributed by atoms with van der Waals surface area (Å²) in [6.07, 6.45) is 0. The molecular weight excluding hydrogens is 364 g/mol. The Morgan fingerprint density at radius 3 is 1.44 bits per heavy atom. The van der Waals surface area contributed by atoms with Crippen LogP contribution in [-0.2, 0) is 9.47 Å². The van der Waals surface area contributed by atoms with Gasteiger partial charge in [0.15, 0.2) is 0 Å². The molecule has 3 aromatic rings. The molecule has 3 rings (SSSR count). The van der Waals surface area contributed by atoms with E-state index in [0.717, 1.165) is 21.1 Å². The van der Waals surface area contributed by atoms with Crippen molar-refractivity contribution in [1.82, 2.24) is 10.2 Å². The summed E-state index contributed by atoms with van der Waals surface area (Å²) in [5.74, 6) is -0.688. The van der Waals surface area contributed by atoms with Crippen molar-refractivity contribution in [3.63, 3.8) is 0 Å². The third-order valence-corrected chi connectivity index (χ3v) is 4.73. The Morgan fingerprint density at radius 1 is 0.741 bits per heavy atom. The van der Waals surface area contributed by atoms with E-state index in [0.29, 0.717) is 24.3 Å². The van der Waals surface area contributed by atoms with E-state index in [-0.39, 0.29) is 11.9 Å². The van der Waals surface area contributed by atoms with Gasteiger partial charge in [0.05, 0.1) is 24.3 Å². The van der Waals surface area contributed by atoms with Crippen LogP contribution in [0.5, 0.6) is 0 Å². The quantitative estimate of drug-likeness (QED) is 0.594. The van der Waals surface area contributed by atoms with Gasteiger partial charge in [-0.1, -0.05) is 35.6 Å². The highest BCUT2D eigenvalue weighted by Gasteiger charge is 2.12. The molecule has 0 radical (unpaired) electrons. The number of hydrogen-bond donors (Lipinski definition) is 0. The van der Waals surface area contributed by atoms with E-state index in [1.54, 1.807) is 38.1 Å². The number of nitrogens with zero attached hydrogens (tertiary/aromatic N) is 2. The van der Waals surface area contributed by atoms with Crippen molar-refractivity contribution in [2.75, 3.05) is 13.2 Å². The smallest absolute Gasteiger partial charge is 0.338 e. The van der Waals surface area contributed by atoms with Crippen molar-refractivity contribution >= 4 is 23.3 Å². The lowest BCUT2D eigenvalue weighted by atomic mass is 10.1. The van der Waals surface area contributed by atoms with Gasteiger partial charge in [-0.25, -0.2) is 9.59 Å². The number of esters is 2. The normalized spacial score (nSPS) is 10.4. The molecule has 6 nitrogen and oxygen atoms in total. The SMILES string of the molecule is CCOC(=O)c1ccc(-c2nnc(-c3ccc(C(=O)OCC)cc3)s2)cc1. The molecule has 0 aliphatic carbocycles. The Morgan fingerprint density at radius 2 is 1.11 bits per heavy atom. The molecule has 0 amide bonds. The summed E-state index contributed by atoms with van der Waals surface area (Å²) in [4.78, 5) is 23.4. The van der Waals surface area contributed by atoms with Crippen molar-refractivity contribution < 1.29 is 19.1 Å². The summed E-state index contributed by atoms with van der Waals surface area (Å²) in [5.41, 5.74) is 2.74. The van der Waals surface area contributed by atoms with Crippen molar-refractivity contribution in [3.8, 4) is 21.1 Å². The Kier molecular flexibility index (Phi) is 5.93. The number of benzene rings is 2. The fraction of sp³-hybridized carbons (Fsp3) is 0.200. The molecule has 138 valence electrons. The van der Waals surface area contributed by atoms with Gasteiger partial charge in [0.2, 0.25) is 0 Å². The van der Waals surface area contributed by atoms with Gasteiger partial charge in [-0.15, -0.1) is 10.2 Å². The van der Waals surface area contributed by atoms with Gasteiger partial charge in [0.1, 0.15) is 10.0 Å². The van der Waals surface area contributed by atoms with Crippen LogP contribution in [0.4, 0.5) is 0 Å². The van der Waals surface area contributed by atoms with Crippen LogP contribution in [0.25, 0.3) is 21.1 Å². The summed E-state index contributed by atoms with van der Waals surface area (Å²) in [7, 11) is 0. The maximum atomic E-state index is 11.7. The summed E-state index contributed by atoms with van der Waals surface area (Å²) >= 11 is 1.43. The zero-order valence-corrected chi connectivity index (χ0v) is 15.8. The predicted molar refractivity (Wildman–Crippen MR) is 103 cm³/mol. The van der Waals surface area contributed by atoms with Gasteiger partial charge in [0.25, 0.3) is 0 Å². The summed E-state index contributed by atoms with van der Waals surface area (Å²) in [6, 6.07) is 14.1. The molecule has 0 spiro atoms. The molecule has 7 heteroatoms. The van der Waals surface area contributed by atoms with Crippen molar-refractivity contribution in [2.45, 2.75) is 13.8 Å². The second-order valence-electron chi connectivity index (χ2n) is 5.51. The number of ether oxygens (including phenoxy) is 2. The standard InChI is InChI=1S/C20H18N2O4S/c1-3-25-19(23)15-9-5-13(6-10-15)17-21-22-18(27-17)14-7-11-16(12-8-14)20(24)26-4-2/h5-12H,3-4H2,1-2H3. The zero-order valence-electron chi connectivity index (χ0n) is 15.0. The first-order valence-electron chi connectivity index (χ1n) is 8.51. The molecule has 0 saturated heterocycles. The first kappa shape index (κ1) is 18.7. The van der Waals surface area contributed by atoms with Crippen LogP contribution in [-0.4, -0.2) is 35.3 Å². The lowest BCUT2D eigenvalue weighted by Crippen LogP contribution is -2.03. The maximum Gasteiger partial charge on any atom is 0.338 e. The van der Waals surface area contributed by atoms with Crippen LogP contribution in [0, 0.1) is 0 Å². The minimum Gasteiger partial charge on any atom is -0.462 e. The summed E-state index contributed by atoms with van der Waals surface area (Å²) in [6.45, 7) is 4.23. The lowest BCUT2D eigenvalue weighted by molar-refractivity contribution is 0.0517. The molecule has 0 atom stereocenters. The van der Waals surface area contributed by atoms with E-state index in [4.69, 9.17) is 9.47 Å². The Labute approximate surface area is 160 Å². The van der Waals surface area contributed by atoms with Crippen LogP contribution in [0.1, 0.15) is 34.6 Å². The van der Waals surface area contributed by atoms with Gasteiger partial charge in [-0.05, 0) is 38.1 Å². The highest BCUT2D eigenvalue weighted by molar-refractivity contribution is 7.17. The van der Waals surface area contributed by atoms with E-state index in [1.807, 2.05) is 24.3 Å². The van der Waals surface area contributed by atoms with E-state index in [2.05, 4.69) is 10.2 Å². The summed E-state index contributed by atoms with van der Waals surface area (Å²) in [5, 5.41) is 9.93. The first-order chi connectivity index (χ1) is 13.1. The number of aromatic nitrogens is 2. The van der Waals surface area contributed by atoms with Crippen LogP contribution in [0.15, 0.2) is 48.5 Å². The Bertz CT molecular complexity index is 857. The Balaban J connectivity index is 1.76. The third-order valence-electron chi connectivity index (χ3n) is 3.71. The fourth-order valence-electron chi connectivity index (χ4n) is 2.38. The lowest BCUT2D eigenvalue weighted by Gasteiger charge is -2.02. The molecule has 0 unspecified atom stereocenters. The largest absolute Gasteiger partial charge is 0.462 e.